The highest BCUT2D eigenvalue weighted by molar-refractivity contribution is 5.85. The maximum Gasteiger partial charge on any atom is 0.333 e. The molecule has 2 N–H and O–H groups in total. The van der Waals surface area contributed by atoms with Crippen LogP contribution in [0.25, 0.3) is 11.1 Å². The first-order chi connectivity index (χ1) is 8.11. The van der Waals surface area contributed by atoms with Crippen LogP contribution in [0.1, 0.15) is 12.1 Å². The summed E-state index contributed by atoms with van der Waals surface area (Å²) in [5.74, 6) is -0.449. The van der Waals surface area contributed by atoms with Crippen molar-refractivity contribution >= 4 is 12.4 Å². The second-order valence-electron chi connectivity index (χ2n) is 3.50. The first-order valence-corrected chi connectivity index (χ1v) is 4.93. The number of aromatic nitrogens is 2. The number of hydrogen-bond donors (Lipinski definition) is 1. The van der Waals surface area contributed by atoms with Gasteiger partial charge in [-0.2, -0.15) is 13.9 Å². The molecule has 0 amide bonds. The van der Waals surface area contributed by atoms with Crippen molar-refractivity contribution in [3.63, 3.8) is 0 Å². The molecule has 2 aromatic rings. The van der Waals surface area contributed by atoms with Crippen LogP contribution in [0.4, 0.5) is 13.2 Å². The molecule has 0 bridgehead atoms. The van der Waals surface area contributed by atoms with Gasteiger partial charge in [0.2, 0.25) is 0 Å². The fourth-order valence-electron chi connectivity index (χ4n) is 1.49. The summed E-state index contributed by atoms with van der Waals surface area (Å²) in [6.07, 6.45) is 2.44. The summed E-state index contributed by atoms with van der Waals surface area (Å²) < 4.78 is 38.6. The SMILES string of the molecule is Cl.NCc1ccc(-c2cnn(C(F)F)c2)cc1F. The number of rotatable bonds is 3. The van der Waals surface area contributed by atoms with Crippen molar-refractivity contribution in [2.75, 3.05) is 0 Å². The molecule has 0 fully saturated rings. The van der Waals surface area contributed by atoms with E-state index in [2.05, 4.69) is 5.10 Å². The minimum atomic E-state index is -2.70. The van der Waals surface area contributed by atoms with Crippen LogP contribution >= 0.6 is 12.4 Å². The molecule has 0 saturated heterocycles. The van der Waals surface area contributed by atoms with E-state index in [0.29, 0.717) is 21.4 Å². The van der Waals surface area contributed by atoms with E-state index in [1.807, 2.05) is 0 Å². The lowest BCUT2D eigenvalue weighted by Gasteiger charge is -2.02. The largest absolute Gasteiger partial charge is 0.333 e. The zero-order valence-electron chi connectivity index (χ0n) is 9.19. The van der Waals surface area contributed by atoms with Gasteiger partial charge in [-0.1, -0.05) is 12.1 Å². The first-order valence-electron chi connectivity index (χ1n) is 4.93. The molecule has 2 rings (SSSR count). The third-order valence-corrected chi connectivity index (χ3v) is 2.41. The van der Waals surface area contributed by atoms with Gasteiger partial charge in [0.25, 0.3) is 0 Å². The molecule has 0 radical (unpaired) electrons. The van der Waals surface area contributed by atoms with Crippen molar-refractivity contribution in [2.45, 2.75) is 13.1 Å². The van der Waals surface area contributed by atoms with E-state index in [4.69, 9.17) is 5.73 Å². The molecular formula is C11H11ClF3N3. The third-order valence-electron chi connectivity index (χ3n) is 2.41. The Morgan fingerprint density at radius 2 is 2.00 bits per heavy atom. The van der Waals surface area contributed by atoms with E-state index < -0.39 is 12.4 Å². The van der Waals surface area contributed by atoms with Gasteiger partial charge in [-0.25, -0.2) is 9.07 Å². The minimum Gasteiger partial charge on any atom is -0.326 e. The van der Waals surface area contributed by atoms with E-state index in [1.165, 1.54) is 24.5 Å². The van der Waals surface area contributed by atoms with Crippen LogP contribution in [0.2, 0.25) is 0 Å². The van der Waals surface area contributed by atoms with Gasteiger partial charge in [-0.15, -0.1) is 12.4 Å². The van der Waals surface area contributed by atoms with Crippen LogP contribution in [0.5, 0.6) is 0 Å². The fourth-order valence-corrected chi connectivity index (χ4v) is 1.49. The normalized spacial score (nSPS) is 10.5. The van der Waals surface area contributed by atoms with E-state index in [0.717, 1.165) is 0 Å². The van der Waals surface area contributed by atoms with Gasteiger partial charge in [0.05, 0.1) is 6.20 Å². The molecule has 0 saturated carbocycles. The lowest BCUT2D eigenvalue weighted by Crippen LogP contribution is -1.99. The number of hydrogen-bond acceptors (Lipinski definition) is 2. The first kappa shape index (κ1) is 14.5. The van der Waals surface area contributed by atoms with Crippen molar-refractivity contribution in [1.82, 2.24) is 9.78 Å². The Morgan fingerprint density at radius 1 is 1.28 bits per heavy atom. The quantitative estimate of drug-likeness (QED) is 0.937. The molecule has 1 aromatic carbocycles. The van der Waals surface area contributed by atoms with Crippen molar-refractivity contribution in [1.29, 1.82) is 0 Å². The van der Waals surface area contributed by atoms with Gasteiger partial charge in [0, 0.05) is 23.9 Å². The zero-order chi connectivity index (χ0) is 12.4. The molecule has 0 unspecified atom stereocenters. The highest BCUT2D eigenvalue weighted by Crippen LogP contribution is 2.22. The van der Waals surface area contributed by atoms with Crippen molar-refractivity contribution < 1.29 is 13.2 Å². The fraction of sp³-hybridized carbons (Fsp3) is 0.182. The molecule has 0 aliphatic heterocycles. The summed E-state index contributed by atoms with van der Waals surface area (Å²) >= 11 is 0. The van der Waals surface area contributed by atoms with Gasteiger partial charge in [-0.05, 0) is 11.6 Å². The standard InChI is InChI=1S/C11H10F3N3.ClH/c12-10-3-7(1-2-8(10)4-15)9-5-16-17(6-9)11(13)14;/h1-3,5-6,11H,4,15H2;1H. The Bertz CT molecular complexity index is 528. The Hall–Kier alpha value is -1.53. The topological polar surface area (TPSA) is 43.8 Å². The van der Waals surface area contributed by atoms with Crippen LogP contribution < -0.4 is 5.73 Å². The Kier molecular flexibility index (Phi) is 4.75. The Morgan fingerprint density at radius 3 is 2.50 bits per heavy atom. The lowest BCUT2D eigenvalue weighted by molar-refractivity contribution is 0.0566. The average molecular weight is 278 g/mol. The van der Waals surface area contributed by atoms with Crippen molar-refractivity contribution in [3.8, 4) is 11.1 Å². The van der Waals surface area contributed by atoms with Crippen LogP contribution in [-0.4, -0.2) is 9.78 Å². The predicted octanol–water partition coefficient (Wildman–Crippen LogP) is 2.96. The monoisotopic (exact) mass is 277 g/mol. The summed E-state index contributed by atoms with van der Waals surface area (Å²) in [5, 5.41) is 3.48. The molecule has 7 heteroatoms. The van der Waals surface area contributed by atoms with Gasteiger partial charge < -0.3 is 5.73 Å². The van der Waals surface area contributed by atoms with Gasteiger partial charge in [0.1, 0.15) is 5.82 Å². The highest BCUT2D eigenvalue weighted by atomic mass is 35.5. The third kappa shape index (κ3) is 2.83. The Labute approximate surface area is 108 Å². The Balaban J connectivity index is 0.00000162. The lowest BCUT2D eigenvalue weighted by atomic mass is 10.1. The predicted molar refractivity (Wildman–Crippen MR) is 64.0 cm³/mol. The summed E-state index contributed by atoms with van der Waals surface area (Å²) in [6.45, 7) is -2.60. The minimum absolute atomic E-state index is 0. The average Bonchev–Trinajstić information content (AvgIpc) is 2.78. The molecule has 0 spiro atoms. The summed E-state index contributed by atoms with van der Waals surface area (Å²) in [5.41, 5.74) is 6.64. The number of halogens is 4. The molecule has 1 heterocycles. The van der Waals surface area contributed by atoms with Gasteiger partial charge >= 0.3 is 6.55 Å². The summed E-state index contributed by atoms with van der Waals surface area (Å²) in [4.78, 5) is 0. The maximum absolute atomic E-state index is 13.4. The summed E-state index contributed by atoms with van der Waals surface area (Å²) in [6, 6.07) is 4.41. The van der Waals surface area contributed by atoms with Gasteiger partial charge in [0.15, 0.2) is 0 Å². The summed E-state index contributed by atoms with van der Waals surface area (Å²) in [7, 11) is 0. The molecule has 3 nitrogen and oxygen atoms in total. The maximum atomic E-state index is 13.4. The van der Waals surface area contributed by atoms with Crippen LogP contribution in [0, 0.1) is 5.82 Å². The van der Waals surface area contributed by atoms with Crippen molar-refractivity contribution in [2.24, 2.45) is 5.73 Å². The van der Waals surface area contributed by atoms with E-state index in [-0.39, 0.29) is 19.0 Å². The number of nitrogens with zero attached hydrogens (tertiary/aromatic N) is 2. The van der Waals surface area contributed by atoms with Crippen LogP contribution in [0.3, 0.4) is 0 Å². The second-order valence-corrected chi connectivity index (χ2v) is 3.50. The van der Waals surface area contributed by atoms with Crippen LogP contribution in [0.15, 0.2) is 30.6 Å². The second kappa shape index (κ2) is 5.88. The molecule has 98 valence electrons. The smallest absolute Gasteiger partial charge is 0.326 e. The molecule has 18 heavy (non-hydrogen) atoms. The highest BCUT2D eigenvalue weighted by Gasteiger charge is 2.10. The molecule has 0 aliphatic rings. The number of alkyl halides is 2. The number of nitrogens with two attached hydrogens (primary N) is 1. The molecule has 0 atom stereocenters. The molecule has 1 aromatic heterocycles. The van der Waals surface area contributed by atoms with Crippen LogP contribution in [-0.2, 0) is 6.54 Å². The zero-order valence-corrected chi connectivity index (χ0v) is 10.0. The molecule has 0 aliphatic carbocycles. The van der Waals surface area contributed by atoms with Gasteiger partial charge in [-0.3, -0.25) is 0 Å². The van der Waals surface area contributed by atoms with E-state index in [9.17, 15) is 13.2 Å². The van der Waals surface area contributed by atoms with E-state index in [1.54, 1.807) is 6.07 Å². The molecular weight excluding hydrogens is 267 g/mol. The van der Waals surface area contributed by atoms with E-state index >= 15 is 0 Å². The van der Waals surface area contributed by atoms with Crippen molar-refractivity contribution in [3.05, 3.63) is 42.0 Å². The number of benzene rings is 1.